The van der Waals surface area contributed by atoms with Gasteiger partial charge >= 0.3 is 0 Å². The first-order valence-corrected chi connectivity index (χ1v) is 9.53. The van der Waals surface area contributed by atoms with Crippen LogP contribution < -0.4 is 5.32 Å². The molecular weight excluding hydrogens is 325 g/mol. The Labute approximate surface area is 141 Å². The number of halogens is 2. The molecule has 0 amide bonds. The third-order valence-corrected chi connectivity index (χ3v) is 6.42. The Morgan fingerprint density at radius 2 is 2.29 bits per heavy atom. The summed E-state index contributed by atoms with van der Waals surface area (Å²) in [5.74, 6) is 0.591. The molecule has 0 aromatic carbocycles. The zero-order chi connectivity index (χ0) is 14.9. The molecule has 0 radical (unpaired) electrons. The maximum Gasteiger partial charge on any atom is 0.0992 e. The zero-order valence-electron chi connectivity index (χ0n) is 12.5. The fourth-order valence-corrected chi connectivity index (χ4v) is 5.21. The van der Waals surface area contributed by atoms with E-state index >= 15 is 0 Å². The molecule has 5 heteroatoms. The Balaban J connectivity index is 1.79. The average molecular weight is 348 g/mol. The fourth-order valence-electron chi connectivity index (χ4n) is 3.67. The van der Waals surface area contributed by atoms with Crippen LogP contribution in [0, 0.1) is 5.92 Å². The van der Waals surface area contributed by atoms with Crippen LogP contribution in [0.4, 0.5) is 0 Å². The third-order valence-electron chi connectivity index (χ3n) is 4.90. The molecule has 0 bridgehead atoms. The second-order valence-electron chi connectivity index (χ2n) is 6.35. The first kappa shape index (κ1) is 16.1. The first-order valence-electron chi connectivity index (χ1n) is 7.95. The lowest BCUT2D eigenvalue weighted by Gasteiger charge is -2.49. The van der Waals surface area contributed by atoms with Gasteiger partial charge in [0.15, 0.2) is 0 Å². The molecule has 2 atom stereocenters. The Kier molecular flexibility index (Phi) is 5.17. The highest BCUT2D eigenvalue weighted by atomic mass is 35.5. The maximum absolute atomic E-state index is 6.42. The number of rotatable bonds is 5. The van der Waals surface area contributed by atoms with Crippen molar-refractivity contribution in [2.75, 3.05) is 13.2 Å². The van der Waals surface area contributed by atoms with E-state index in [-0.39, 0.29) is 5.60 Å². The molecule has 1 aliphatic heterocycles. The predicted octanol–water partition coefficient (Wildman–Crippen LogP) is 5.44. The van der Waals surface area contributed by atoms with Gasteiger partial charge in [-0.2, -0.15) is 0 Å². The van der Waals surface area contributed by atoms with Gasteiger partial charge in [0.1, 0.15) is 0 Å². The number of nitrogens with one attached hydrogen (secondary N) is 1. The van der Waals surface area contributed by atoms with Gasteiger partial charge in [-0.3, -0.25) is 0 Å². The second kappa shape index (κ2) is 6.76. The van der Waals surface area contributed by atoms with Crippen molar-refractivity contribution in [1.29, 1.82) is 0 Å². The van der Waals surface area contributed by atoms with Crippen LogP contribution in [0.15, 0.2) is 6.07 Å². The van der Waals surface area contributed by atoms with Crippen LogP contribution in [0.1, 0.15) is 57.1 Å². The van der Waals surface area contributed by atoms with E-state index in [4.69, 9.17) is 27.9 Å². The SMILES string of the molecule is CCCNC(c1cc(Cl)sc1Cl)C1CCOC2(CCC2)C1. The van der Waals surface area contributed by atoms with Gasteiger partial charge in [0.2, 0.25) is 0 Å². The average Bonchev–Trinajstić information content (AvgIpc) is 2.77. The van der Waals surface area contributed by atoms with Crippen LogP contribution in [0.2, 0.25) is 8.67 Å². The van der Waals surface area contributed by atoms with E-state index in [1.54, 1.807) is 0 Å². The summed E-state index contributed by atoms with van der Waals surface area (Å²) >= 11 is 14.1. The van der Waals surface area contributed by atoms with Gasteiger partial charge in [-0.15, -0.1) is 11.3 Å². The summed E-state index contributed by atoms with van der Waals surface area (Å²) in [7, 11) is 0. The van der Waals surface area contributed by atoms with Gasteiger partial charge in [-0.1, -0.05) is 30.1 Å². The first-order chi connectivity index (χ1) is 10.1. The molecule has 1 saturated heterocycles. The molecular formula is C16H23Cl2NOS. The van der Waals surface area contributed by atoms with E-state index in [0.29, 0.717) is 12.0 Å². The largest absolute Gasteiger partial charge is 0.375 e. The quantitative estimate of drug-likeness (QED) is 0.764. The third kappa shape index (κ3) is 3.42. The van der Waals surface area contributed by atoms with Crippen molar-refractivity contribution in [3.63, 3.8) is 0 Å². The highest BCUT2D eigenvalue weighted by Gasteiger charge is 2.44. The lowest BCUT2D eigenvalue weighted by atomic mass is 9.70. The molecule has 2 fully saturated rings. The molecule has 1 aliphatic carbocycles. The summed E-state index contributed by atoms with van der Waals surface area (Å²) in [6.45, 7) is 4.09. The Bertz CT molecular complexity index is 487. The summed E-state index contributed by atoms with van der Waals surface area (Å²) in [6, 6.07) is 2.35. The number of hydrogen-bond donors (Lipinski definition) is 1. The van der Waals surface area contributed by atoms with Gasteiger partial charge in [0, 0.05) is 18.2 Å². The van der Waals surface area contributed by atoms with E-state index in [9.17, 15) is 0 Å². The van der Waals surface area contributed by atoms with E-state index in [0.717, 1.165) is 41.1 Å². The van der Waals surface area contributed by atoms with Gasteiger partial charge < -0.3 is 10.1 Å². The summed E-state index contributed by atoms with van der Waals surface area (Å²) in [5, 5.41) is 3.70. The van der Waals surface area contributed by atoms with Crippen LogP contribution in [-0.4, -0.2) is 18.8 Å². The molecule has 1 aromatic rings. The van der Waals surface area contributed by atoms with Crippen molar-refractivity contribution >= 4 is 34.5 Å². The second-order valence-corrected chi connectivity index (χ2v) is 8.63. The van der Waals surface area contributed by atoms with E-state index in [2.05, 4.69) is 12.2 Å². The fraction of sp³-hybridized carbons (Fsp3) is 0.750. The molecule has 2 heterocycles. The van der Waals surface area contributed by atoms with Crippen molar-refractivity contribution in [2.24, 2.45) is 5.92 Å². The molecule has 1 saturated carbocycles. The molecule has 21 heavy (non-hydrogen) atoms. The zero-order valence-corrected chi connectivity index (χ0v) is 14.8. The van der Waals surface area contributed by atoms with Crippen LogP contribution >= 0.6 is 34.5 Å². The minimum Gasteiger partial charge on any atom is -0.375 e. The minimum atomic E-state index is 0.168. The van der Waals surface area contributed by atoms with Gasteiger partial charge in [-0.05, 0) is 57.1 Å². The minimum absolute atomic E-state index is 0.168. The number of hydrogen-bond acceptors (Lipinski definition) is 3. The van der Waals surface area contributed by atoms with Gasteiger partial charge in [0.05, 0.1) is 14.3 Å². The lowest BCUT2D eigenvalue weighted by molar-refractivity contribution is -0.147. The Morgan fingerprint density at radius 3 is 2.86 bits per heavy atom. The van der Waals surface area contributed by atoms with Crippen LogP contribution in [-0.2, 0) is 4.74 Å². The van der Waals surface area contributed by atoms with E-state index in [1.807, 2.05) is 6.07 Å². The van der Waals surface area contributed by atoms with Gasteiger partial charge in [0.25, 0.3) is 0 Å². The summed E-state index contributed by atoms with van der Waals surface area (Å²) in [5.41, 5.74) is 1.35. The molecule has 3 rings (SSSR count). The van der Waals surface area contributed by atoms with Crippen molar-refractivity contribution in [1.82, 2.24) is 5.32 Å². The molecule has 118 valence electrons. The maximum atomic E-state index is 6.42. The topological polar surface area (TPSA) is 21.3 Å². The lowest BCUT2D eigenvalue weighted by Crippen LogP contribution is -2.48. The summed E-state index contributed by atoms with van der Waals surface area (Å²) in [6.07, 6.45) is 7.14. The smallest absolute Gasteiger partial charge is 0.0992 e. The van der Waals surface area contributed by atoms with Crippen molar-refractivity contribution in [2.45, 2.75) is 57.1 Å². The monoisotopic (exact) mass is 347 g/mol. The summed E-state index contributed by atoms with van der Waals surface area (Å²) in [4.78, 5) is 0. The molecule has 2 unspecified atom stereocenters. The predicted molar refractivity (Wildman–Crippen MR) is 90.6 cm³/mol. The van der Waals surface area contributed by atoms with E-state index < -0.39 is 0 Å². The number of thiophene rings is 1. The van der Waals surface area contributed by atoms with Crippen LogP contribution in [0.5, 0.6) is 0 Å². The Hall–Kier alpha value is 0.200. The van der Waals surface area contributed by atoms with Gasteiger partial charge in [-0.25, -0.2) is 0 Å². The molecule has 1 spiro atoms. The number of ether oxygens (including phenoxy) is 1. The van der Waals surface area contributed by atoms with Crippen molar-refractivity contribution in [3.05, 3.63) is 20.3 Å². The highest BCUT2D eigenvalue weighted by Crippen LogP contribution is 2.48. The molecule has 1 aromatic heterocycles. The molecule has 2 aliphatic rings. The standard InChI is InChI=1S/C16H23Cl2NOS/c1-2-7-19-14(12-9-13(17)21-15(12)18)11-4-8-20-16(10-11)5-3-6-16/h9,11,14,19H,2-8,10H2,1H3. The summed E-state index contributed by atoms with van der Waals surface area (Å²) < 4.78 is 7.69. The van der Waals surface area contributed by atoms with E-state index in [1.165, 1.54) is 36.2 Å². The highest BCUT2D eigenvalue weighted by molar-refractivity contribution is 7.20. The molecule has 2 nitrogen and oxygen atoms in total. The van der Waals surface area contributed by atoms with Crippen LogP contribution in [0.3, 0.4) is 0 Å². The normalized spacial score (nSPS) is 25.8. The van der Waals surface area contributed by atoms with Crippen molar-refractivity contribution in [3.8, 4) is 0 Å². The van der Waals surface area contributed by atoms with Crippen LogP contribution in [0.25, 0.3) is 0 Å². The Morgan fingerprint density at radius 1 is 1.48 bits per heavy atom. The molecule has 1 N–H and O–H groups in total. The van der Waals surface area contributed by atoms with Crippen molar-refractivity contribution < 1.29 is 4.74 Å².